The molecule has 0 aromatic rings. The fourth-order valence-corrected chi connectivity index (χ4v) is 1.66. The summed E-state index contributed by atoms with van der Waals surface area (Å²) in [4.78, 5) is 10.3. The summed E-state index contributed by atoms with van der Waals surface area (Å²) in [6, 6.07) is 0. The lowest BCUT2D eigenvalue weighted by molar-refractivity contribution is -0.135. The van der Waals surface area contributed by atoms with E-state index in [0.717, 1.165) is 0 Å². The summed E-state index contributed by atoms with van der Waals surface area (Å²) >= 11 is 1.46. The Labute approximate surface area is 57.9 Å². The van der Waals surface area contributed by atoms with E-state index in [2.05, 4.69) is 0 Å². The van der Waals surface area contributed by atoms with Gasteiger partial charge in [-0.25, -0.2) is 0 Å². The Bertz CT molecular complexity index is 153. The van der Waals surface area contributed by atoms with Crippen LogP contribution in [0.3, 0.4) is 0 Å². The molecule has 0 bridgehead atoms. The van der Waals surface area contributed by atoms with Crippen molar-refractivity contribution in [3.8, 4) is 0 Å². The number of rotatable bonds is 1. The van der Waals surface area contributed by atoms with Crippen molar-refractivity contribution in [2.75, 3.05) is 0 Å². The lowest BCUT2D eigenvalue weighted by Crippen LogP contribution is -2.11. The first-order valence-electron chi connectivity index (χ1n) is 2.77. The molecule has 0 aromatic carbocycles. The van der Waals surface area contributed by atoms with E-state index in [4.69, 9.17) is 5.11 Å². The summed E-state index contributed by atoms with van der Waals surface area (Å²) in [7, 11) is 0. The quantitative estimate of drug-likeness (QED) is 0.560. The average Bonchev–Trinajstić information content (AvgIpc) is 2.14. The molecule has 2 atom stereocenters. The molecule has 1 heterocycles. The minimum Gasteiger partial charge on any atom is -0.480 e. The van der Waals surface area contributed by atoms with Gasteiger partial charge in [0.05, 0.1) is 0 Å². The Morgan fingerprint density at radius 1 is 1.67 bits per heavy atom. The van der Waals surface area contributed by atoms with Gasteiger partial charge in [0.25, 0.3) is 0 Å². The molecule has 1 aliphatic rings. The van der Waals surface area contributed by atoms with E-state index in [0.29, 0.717) is 5.25 Å². The summed E-state index contributed by atoms with van der Waals surface area (Å²) in [6.45, 7) is 1.99. The number of hydrogen-bond donors (Lipinski definition) is 1. The van der Waals surface area contributed by atoms with Gasteiger partial charge in [-0.1, -0.05) is 12.2 Å². The molecule has 0 amide bonds. The van der Waals surface area contributed by atoms with E-state index in [1.165, 1.54) is 11.8 Å². The molecule has 50 valence electrons. The summed E-state index contributed by atoms with van der Waals surface area (Å²) in [5.41, 5.74) is 0. The third kappa shape index (κ3) is 1.48. The van der Waals surface area contributed by atoms with Crippen LogP contribution in [0.25, 0.3) is 0 Å². The first-order valence-corrected chi connectivity index (χ1v) is 3.71. The van der Waals surface area contributed by atoms with Crippen LogP contribution in [0.1, 0.15) is 6.92 Å². The molecule has 0 fully saturated rings. The number of aliphatic carboxylic acids is 1. The normalized spacial score (nSPS) is 33.0. The molecule has 1 rings (SSSR count). The molecular formula is C6H8O2S. The van der Waals surface area contributed by atoms with Crippen molar-refractivity contribution in [1.29, 1.82) is 0 Å². The summed E-state index contributed by atoms with van der Waals surface area (Å²) in [5, 5.41) is 8.52. The van der Waals surface area contributed by atoms with E-state index < -0.39 is 5.97 Å². The molecule has 0 unspecified atom stereocenters. The van der Waals surface area contributed by atoms with Crippen molar-refractivity contribution in [3.05, 3.63) is 12.2 Å². The fourth-order valence-electron chi connectivity index (χ4n) is 0.720. The second-order valence-electron chi connectivity index (χ2n) is 1.98. The highest BCUT2D eigenvalue weighted by molar-refractivity contribution is 8.01. The highest BCUT2D eigenvalue weighted by Gasteiger charge is 2.21. The molecule has 1 aliphatic heterocycles. The van der Waals surface area contributed by atoms with Crippen molar-refractivity contribution in [2.45, 2.75) is 17.4 Å². The average molecular weight is 144 g/mol. The number of hydrogen-bond acceptors (Lipinski definition) is 2. The van der Waals surface area contributed by atoms with E-state index >= 15 is 0 Å². The first-order chi connectivity index (χ1) is 4.20. The maximum absolute atomic E-state index is 10.3. The van der Waals surface area contributed by atoms with Gasteiger partial charge in [-0.2, -0.15) is 0 Å². The van der Waals surface area contributed by atoms with E-state index in [1.54, 1.807) is 6.08 Å². The van der Waals surface area contributed by atoms with Crippen molar-refractivity contribution >= 4 is 17.7 Å². The maximum Gasteiger partial charge on any atom is 0.320 e. The summed E-state index contributed by atoms with van der Waals surface area (Å²) in [6.07, 6.45) is 3.65. The topological polar surface area (TPSA) is 37.3 Å². The van der Waals surface area contributed by atoms with Crippen LogP contribution in [-0.4, -0.2) is 21.6 Å². The molecule has 0 saturated heterocycles. The lowest BCUT2D eigenvalue weighted by atomic mass is 10.3. The third-order valence-corrected chi connectivity index (χ3v) is 2.40. The Morgan fingerprint density at radius 3 is 2.56 bits per heavy atom. The van der Waals surface area contributed by atoms with Gasteiger partial charge in [0.1, 0.15) is 5.25 Å². The molecule has 0 aromatic heterocycles. The second kappa shape index (κ2) is 2.43. The van der Waals surface area contributed by atoms with Crippen molar-refractivity contribution in [3.63, 3.8) is 0 Å². The van der Waals surface area contributed by atoms with Crippen molar-refractivity contribution in [1.82, 2.24) is 0 Å². The van der Waals surface area contributed by atoms with Crippen LogP contribution < -0.4 is 0 Å². The van der Waals surface area contributed by atoms with Gasteiger partial charge in [0.15, 0.2) is 0 Å². The van der Waals surface area contributed by atoms with E-state index in [9.17, 15) is 4.79 Å². The third-order valence-electron chi connectivity index (χ3n) is 1.16. The highest BCUT2D eigenvalue weighted by Crippen LogP contribution is 2.26. The van der Waals surface area contributed by atoms with Gasteiger partial charge in [-0.15, -0.1) is 11.8 Å². The monoisotopic (exact) mass is 144 g/mol. The van der Waals surface area contributed by atoms with Gasteiger partial charge in [0, 0.05) is 5.25 Å². The summed E-state index contributed by atoms with van der Waals surface area (Å²) in [5.74, 6) is -0.736. The number of carboxylic acids is 1. The Morgan fingerprint density at radius 2 is 2.33 bits per heavy atom. The molecular weight excluding hydrogens is 136 g/mol. The molecule has 0 spiro atoms. The molecule has 1 N–H and O–H groups in total. The molecule has 0 radical (unpaired) electrons. The first kappa shape index (κ1) is 6.68. The smallest absolute Gasteiger partial charge is 0.320 e. The zero-order valence-electron chi connectivity index (χ0n) is 5.07. The standard InChI is InChI=1S/C6H8O2S/c1-4-2-3-5(9-4)6(7)8/h2-5H,1H3,(H,7,8)/t4-,5+/m1/s1. The minimum atomic E-state index is -0.736. The molecule has 2 nitrogen and oxygen atoms in total. The van der Waals surface area contributed by atoms with Gasteiger partial charge in [-0.3, -0.25) is 4.79 Å². The Kier molecular flexibility index (Phi) is 1.81. The highest BCUT2D eigenvalue weighted by atomic mass is 32.2. The zero-order valence-corrected chi connectivity index (χ0v) is 5.89. The minimum absolute atomic E-state index is 0.306. The molecule has 9 heavy (non-hydrogen) atoms. The van der Waals surface area contributed by atoms with Crippen LogP contribution in [0.15, 0.2) is 12.2 Å². The lowest BCUT2D eigenvalue weighted by Gasteiger charge is -2.00. The Balaban J connectivity index is 2.50. The molecule has 0 aliphatic carbocycles. The SMILES string of the molecule is C[C@@H]1C=C[C@@H](C(=O)O)S1. The summed E-state index contributed by atoms with van der Waals surface area (Å²) < 4.78 is 0. The molecule has 0 saturated carbocycles. The fraction of sp³-hybridized carbons (Fsp3) is 0.500. The van der Waals surface area contributed by atoms with Crippen LogP contribution in [-0.2, 0) is 4.79 Å². The predicted molar refractivity (Wildman–Crippen MR) is 37.6 cm³/mol. The van der Waals surface area contributed by atoms with Gasteiger partial charge < -0.3 is 5.11 Å². The number of carboxylic acid groups (broad SMARTS) is 1. The van der Waals surface area contributed by atoms with Crippen LogP contribution in [0, 0.1) is 0 Å². The van der Waals surface area contributed by atoms with Crippen LogP contribution in [0.5, 0.6) is 0 Å². The number of thioether (sulfide) groups is 1. The van der Waals surface area contributed by atoms with E-state index in [1.807, 2.05) is 13.0 Å². The second-order valence-corrected chi connectivity index (χ2v) is 3.51. The molecule has 3 heteroatoms. The van der Waals surface area contributed by atoms with E-state index in [-0.39, 0.29) is 5.25 Å². The zero-order chi connectivity index (χ0) is 6.85. The van der Waals surface area contributed by atoms with Crippen LogP contribution in [0.2, 0.25) is 0 Å². The maximum atomic E-state index is 10.3. The van der Waals surface area contributed by atoms with Crippen molar-refractivity contribution < 1.29 is 9.90 Å². The predicted octanol–water partition coefficient (Wildman–Crippen LogP) is 1.13. The van der Waals surface area contributed by atoms with Gasteiger partial charge >= 0.3 is 5.97 Å². The van der Waals surface area contributed by atoms with Crippen LogP contribution >= 0.6 is 11.8 Å². The Hall–Kier alpha value is -0.440. The van der Waals surface area contributed by atoms with Gasteiger partial charge in [0.2, 0.25) is 0 Å². The van der Waals surface area contributed by atoms with Crippen molar-refractivity contribution in [2.24, 2.45) is 0 Å². The van der Waals surface area contributed by atoms with Crippen LogP contribution in [0.4, 0.5) is 0 Å². The largest absolute Gasteiger partial charge is 0.480 e. The number of carbonyl (C=O) groups is 1. The van der Waals surface area contributed by atoms with Gasteiger partial charge in [-0.05, 0) is 6.92 Å².